The van der Waals surface area contributed by atoms with E-state index in [0.29, 0.717) is 5.92 Å². The smallest absolute Gasteiger partial charge is 0.278 e. The normalized spacial score (nSPS) is 16.4. The average molecular weight is 336 g/mol. The van der Waals surface area contributed by atoms with Crippen LogP contribution in [0.2, 0.25) is 0 Å². The second-order valence-electron chi connectivity index (χ2n) is 5.59. The lowest BCUT2D eigenvalue weighted by Gasteiger charge is -2.13. The molecule has 9 heteroatoms. The Morgan fingerprint density at radius 3 is 2.78 bits per heavy atom. The Hall–Kier alpha value is -2.10. The molecule has 1 atom stereocenters. The average Bonchev–Trinajstić information content (AvgIpc) is 3.36. The van der Waals surface area contributed by atoms with Crippen LogP contribution in [0.5, 0.6) is 0 Å². The van der Waals surface area contributed by atoms with Crippen LogP contribution in [0.3, 0.4) is 0 Å². The molecule has 2 aromatic rings. The lowest BCUT2D eigenvalue weighted by molar-refractivity contribution is -0.383. The summed E-state index contributed by atoms with van der Waals surface area (Å²) in [6.07, 6.45) is 3.44. The molecule has 1 aliphatic carbocycles. The van der Waals surface area contributed by atoms with Crippen LogP contribution in [0.4, 0.5) is 5.69 Å². The van der Waals surface area contributed by atoms with E-state index in [0.717, 1.165) is 12.8 Å². The third kappa shape index (κ3) is 3.16. The summed E-state index contributed by atoms with van der Waals surface area (Å²) in [7, 11) is -3.85. The van der Waals surface area contributed by atoms with Gasteiger partial charge in [0.2, 0.25) is 10.0 Å². The van der Waals surface area contributed by atoms with Gasteiger partial charge in [0.05, 0.1) is 15.8 Å². The SMILES string of the molecule is NC(CNS(=O)(=O)c1ccc([N+](=O)[O-])c2cccnc12)C1CC1. The zero-order valence-electron chi connectivity index (χ0n) is 12.2. The predicted molar refractivity (Wildman–Crippen MR) is 84.3 cm³/mol. The number of aromatic nitrogens is 1. The van der Waals surface area contributed by atoms with Gasteiger partial charge in [-0.25, -0.2) is 13.1 Å². The zero-order valence-corrected chi connectivity index (χ0v) is 13.0. The Morgan fingerprint density at radius 2 is 2.13 bits per heavy atom. The topological polar surface area (TPSA) is 128 Å². The van der Waals surface area contributed by atoms with E-state index in [2.05, 4.69) is 9.71 Å². The molecular formula is C14H16N4O4S. The van der Waals surface area contributed by atoms with Gasteiger partial charge in [-0.05, 0) is 37.0 Å². The number of fused-ring (bicyclic) bond motifs is 1. The summed E-state index contributed by atoms with van der Waals surface area (Å²) in [4.78, 5) is 14.4. The number of sulfonamides is 1. The maximum absolute atomic E-state index is 12.5. The number of nitrogens with two attached hydrogens (primary N) is 1. The van der Waals surface area contributed by atoms with E-state index in [1.54, 1.807) is 0 Å². The minimum atomic E-state index is -3.85. The quantitative estimate of drug-likeness (QED) is 0.601. The molecule has 1 fully saturated rings. The van der Waals surface area contributed by atoms with Crippen molar-refractivity contribution in [3.05, 3.63) is 40.6 Å². The van der Waals surface area contributed by atoms with Crippen LogP contribution in [-0.2, 0) is 10.0 Å². The molecule has 23 heavy (non-hydrogen) atoms. The van der Waals surface area contributed by atoms with Crippen molar-refractivity contribution in [2.75, 3.05) is 6.54 Å². The fourth-order valence-corrected chi connectivity index (χ4v) is 3.71. The molecule has 3 rings (SSSR count). The molecule has 1 saturated carbocycles. The van der Waals surface area contributed by atoms with Crippen molar-refractivity contribution in [1.82, 2.24) is 9.71 Å². The first-order chi connectivity index (χ1) is 10.9. The van der Waals surface area contributed by atoms with Crippen molar-refractivity contribution in [2.24, 2.45) is 11.7 Å². The second kappa shape index (κ2) is 5.84. The highest BCUT2D eigenvalue weighted by Crippen LogP contribution is 2.32. The highest BCUT2D eigenvalue weighted by atomic mass is 32.2. The van der Waals surface area contributed by atoms with Crippen molar-refractivity contribution in [3.63, 3.8) is 0 Å². The van der Waals surface area contributed by atoms with Gasteiger partial charge in [-0.1, -0.05) is 0 Å². The Labute approximate surface area is 132 Å². The molecule has 0 radical (unpaired) electrons. The van der Waals surface area contributed by atoms with Gasteiger partial charge >= 0.3 is 0 Å². The summed E-state index contributed by atoms with van der Waals surface area (Å²) in [5, 5.41) is 11.3. The fraction of sp³-hybridized carbons (Fsp3) is 0.357. The van der Waals surface area contributed by atoms with Crippen LogP contribution < -0.4 is 10.5 Å². The molecule has 1 aliphatic rings. The molecule has 0 saturated heterocycles. The molecule has 122 valence electrons. The molecule has 0 bridgehead atoms. The number of benzene rings is 1. The number of nitrogens with zero attached hydrogens (tertiary/aromatic N) is 2. The number of rotatable bonds is 6. The molecule has 1 unspecified atom stereocenters. The molecule has 1 aromatic carbocycles. The summed E-state index contributed by atoms with van der Waals surface area (Å²) < 4.78 is 27.5. The highest BCUT2D eigenvalue weighted by molar-refractivity contribution is 7.89. The van der Waals surface area contributed by atoms with Crippen molar-refractivity contribution in [2.45, 2.75) is 23.8 Å². The van der Waals surface area contributed by atoms with E-state index < -0.39 is 14.9 Å². The van der Waals surface area contributed by atoms with Crippen LogP contribution in [0.25, 0.3) is 10.9 Å². The van der Waals surface area contributed by atoms with Gasteiger partial charge in [0, 0.05) is 24.8 Å². The van der Waals surface area contributed by atoms with Crippen molar-refractivity contribution >= 4 is 26.6 Å². The van der Waals surface area contributed by atoms with E-state index >= 15 is 0 Å². The number of nitro benzene ring substituents is 1. The van der Waals surface area contributed by atoms with Gasteiger partial charge in [-0.15, -0.1) is 0 Å². The number of nitro groups is 1. The zero-order chi connectivity index (χ0) is 16.6. The maximum atomic E-state index is 12.5. The number of hydrogen-bond donors (Lipinski definition) is 2. The third-order valence-corrected chi connectivity index (χ3v) is 5.39. The first-order valence-corrected chi connectivity index (χ1v) is 8.66. The van der Waals surface area contributed by atoms with Gasteiger partial charge < -0.3 is 5.73 Å². The van der Waals surface area contributed by atoms with Gasteiger partial charge in [0.15, 0.2) is 0 Å². The van der Waals surface area contributed by atoms with Crippen LogP contribution in [0.1, 0.15) is 12.8 Å². The van der Waals surface area contributed by atoms with Crippen LogP contribution in [0, 0.1) is 16.0 Å². The minimum Gasteiger partial charge on any atom is -0.326 e. The van der Waals surface area contributed by atoms with Gasteiger partial charge in [-0.2, -0.15) is 0 Å². The van der Waals surface area contributed by atoms with Crippen LogP contribution in [0.15, 0.2) is 35.4 Å². The first kappa shape index (κ1) is 15.8. The van der Waals surface area contributed by atoms with E-state index in [9.17, 15) is 18.5 Å². The van der Waals surface area contributed by atoms with Gasteiger partial charge in [0.25, 0.3) is 5.69 Å². The maximum Gasteiger partial charge on any atom is 0.278 e. The molecule has 8 nitrogen and oxygen atoms in total. The van der Waals surface area contributed by atoms with Gasteiger partial charge in [-0.3, -0.25) is 15.1 Å². The Kier molecular flexibility index (Phi) is 4.00. The summed E-state index contributed by atoms with van der Waals surface area (Å²) in [6, 6.07) is 5.18. The monoisotopic (exact) mass is 336 g/mol. The van der Waals surface area contributed by atoms with E-state index in [1.165, 1.54) is 30.5 Å². The second-order valence-corrected chi connectivity index (χ2v) is 7.33. The Balaban J connectivity index is 1.98. The van der Waals surface area contributed by atoms with E-state index in [-0.39, 0.29) is 34.1 Å². The van der Waals surface area contributed by atoms with Crippen molar-refractivity contribution in [1.29, 1.82) is 0 Å². The van der Waals surface area contributed by atoms with Crippen LogP contribution >= 0.6 is 0 Å². The Bertz CT molecular complexity index is 864. The van der Waals surface area contributed by atoms with Crippen molar-refractivity contribution < 1.29 is 13.3 Å². The molecule has 1 heterocycles. The number of non-ortho nitro benzene ring substituents is 1. The lowest BCUT2D eigenvalue weighted by Crippen LogP contribution is -2.38. The van der Waals surface area contributed by atoms with E-state index in [4.69, 9.17) is 5.73 Å². The molecule has 0 spiro atoms. The molecule has 3 N–H and O–H groups in total. The number of nitrogens with one attached hydrogen (secondary N) is 1. The summed E-state index contributed by atoms with van der Waals surface area (Å²) in [5.41, 5.74) is 5.81. The lowest BCUT2D eigenvalue weighted by atomic mass is 10.2. The van der Waals surface area contributed by atoms with Gasteiger partial charge in [0.1, 0.15) is 4.90 Å². The molecular weight excluding hydrogens is 320 g/mol. The number of pyridine rings is 1. The summed E-state index contributed by atoms with van der Waals surface area (Å²) in [5.74, 6) is 0.365. The molecule has 1 aromatic heterocycles. The minimum absolute atomic E-state index is 0.0780. The third-order valence-electron chi connectivity index (χ3n) is 3.93. The molecule has 0 amide bonds. The summed E-state index contributed by atoms with van der Waals surface area (Å²) in [6.45, 7) is 0.137. The molecule has 0 aliphatic heterocycles. The number of hydrogen-bond acceptors (Lipinski definition) is 6. The van der Waals surface area contributed by atoms with Crippen molar-refractivity contribution in [3.8, 4) is 0 Å². The Morgan fingerprint density at radius 1 is 1.39 bits per heavy atom. The van der Waals surface area contributed by atoms with E-state index in [1.807, 2.05) is 0 Å². The predicted octanol–water partition coefficient (Wildman–Crippen LogP) is 1.16. The van der Waals surface area contributed by atoms with Crippen LogP contribution in [-0.4, -0.2) is 30.9 Å². The summed E-state index contributed by atoms with van der Waals surface area (Å²) >= 11 is 0. The fourth-order valence-electron chi connectivity index (χ4n) is 2.48. The first-order valence-electron chi connectivity index (χ1n) is 7.17. The standard InChI is InChI=1S/C14H16N4O4S/c15-11(9-3-4-9)8-17-23(21,22)13-6-5-12(18(19)20)10-2-1-7-16-14(10)13/h1-2,5-7,9,11,17H,3-4,8,15H2. The highest BCUT2D eigenvalue weighted by Gasteiger charge is 2.30. The largest absolute Gasteiger partial charge is 0.326 e.